The zero-order chi connectivity index (χ0) is 22.4. The number of carbonyl (C=O) groups excluding carboxylic acids is 2. The van der Waals surface area contributed by atoms with E-state index in [9.17, 15) is 9.59 Å². The summed E-state index contributed by atoms with van der Waals surface area (Å²) in [4.78, 5) is 25.9. The molecule has 0 saturated heterocycles. The summed E-state index contributed by atoms with van der Waals surface area (Å²) in [6.45, 7) is 4.34. The molecule has 0 N–H and O–H groups in total. The first-order chi connectivity index (χ1) is 15.0. The Morgan fingerprint density at radius 1 is 0.968 bits per heavy atom. The van der Waals surface area contributed by atoms with Gasteiger partial charge in [0, 0.05) is 5.92 Å². The van der Waals surface area contributed by atoms with Crippen molar-refractivity contribution in [3.8, 4) is 17.2 Å². The van der Waals surface area contributed by atoms with Crippen molar-refractivity contribution in [3.05, 3.63) is 59.7 Å². The molecular weight excluding hydrogens is 396 g/mol. The topological polar surface area (TPSA) is 71.1 Å². The van der Waals surface area contributed by atoms with Gasteiger partial charge in [0.25, 0.3) is 0 Å². The molecule has 1 aliphatic rings. The van der Waals surface area contributed by atoms with Gasteiger partial charge < -0.3 is 18.9 Å². The summed E-state index contributed by atoms with van der Waals surface area (Å²) >= 11 is 0. The van der Waals surface area contributed by atoms with Crippen LogP contribution in [0.2, 0.25) is 0 Å². The number of methoxy groups -OCH3 is 2. The van der Waals surface area contributed by atoms with Crippen molar-refractivity contribution in [2.24, 2.45) is 5.92 Å². The Balaban J connectivity index is 2.07. The van der Waals surface area contributed by atoms with E-state index in [4.69, 9.17) is 18.9 Å². The number of esters is 1. The molecule has 0 unspecified atom stereocenters. The molecule has 2 aromatic carbocycles. The fraction of sp³-hybridized carbons (Fsp3) is 0.360. The van der Waals surface area contributed by atoms with Gasteiger partial charge in [0.1, 0.15) is 11.7 Å². The van der Waals surface area contributed by atoms with Gasteiger partial charge >= 0.3 is 5.97 Å². The number of hydrogen-bond donors (Lipinski definition) is 0. The molecule has 6 nitrogen and oxygen atoms in total. The molecule has 0 bridgehead atoms. The normalized spacial score (nSPS) is 18.2. The van der Waals surface area contributed by atoms with Crippen LogP contribution in [-0.4, -0.2) is 39.2 Å². The van der Waals surface area contributed by atoms with E-state index in [1.165, 1.54) is 0 Å². The Labute approximate surface area is 182 Å². The number of allylic oxidation sites excluding steroid dienone is 2. The van der Waals surface area contributed by atoms with Crippen LogP contribution in [0.4, 0.5) is 0 Å². The van der Waals surface area contributed by atoms with E-state index < -0.39 is 17.8 Å². The van der Waals surface area contributed by atoms with Crippen LogP contribution in [0, 0.1) is 5.92 Å². The minimum Gasteiger partial charge on any atom is -0.494 e. The van der Waals surface area contributed by atoms with E-state index in [0.717, 1.165) is 16.7 Å². The predicted molar refractivity (Wildman–Crippen MR) is 118 cm³/mol. The third-order valence-corrected chi connectivity index (χ3v) is 5.38. The maximum absolute atomic E-state index is 13.2. The molecule has 0 heterocycles. The third-order valence-electron chi connectivity index (χ3n) is 5.38. The molecule has 2 aromatic rings. The molecular formula is C25H28O6. The number of rotatable bonds is 8. The molecule has 164 valence electrons. The lowest BCUT2D eigenvalue weighted by Gasteiger charge is -2.30. The second-order valence-corrected chi connectivity index (χ2v) is 7.15. The second-order valence-electron chi connectivity index (χ2n) is 7.15. The van der Waals surface area contributed by atoms with Gasteiger partial charge in [-0.05, 0) is 61.2 Å². The van der Waals surface area contributed by atoms with Crippen molar-refractivity contribution in [1.82, 2.24) is 0 Å². The highest BCUT2D eigenvalue weighted by Crippen LogP contribution is 2.44. The highest BCUT2D eigenvalue weighted by molar-refractivity contribution is 6.10. The van der Waals surface area contributed by atoms with Crippen LogP contribution in [0.15, 0.2) is 48.5 Å². The first-order valence-corrected chi connectivity index (χ1v) is 10.4. The fourth-order valence-electron chi connectivity index (χ4n) is 3.99. The lowest BCUT2D eigenvalue weighted by atomic mass is 9.73. The molecule has 0 aromatic heterocycles. The van der Waals surface area contributed by atoms with Gasteiger partial charge in [0.05, 0.1) is 27.4 Å². The van der Waals surface area contributed by atoms with Crippen LogP contribution < -0.4 is 14.2 Å². The number of para-hydroxylation sites is 1. The molecule has 2 atom stereocenters. The molecule has 3 rings (SSSR count). The number of carbonyl (C=O) groups is 2. The number of hydrogen-bond acceptors (Lipinski definition) is 6. The zero-order valence-electron chi connectivity index (χ0n) is 18.3. The van der Waals surface area contributed by atoms with E-state index in [0.29, 0.717) is 30.3 Å². The monoisotopic (exact) mass is 424 g/mol. The molecule has 0 fully saturated rings. The van der Waals surface area contributed by atoms with Crippen molar-refractivity contribution < 1.29 is 28.5 Å². The molecule has 0 saturated carbocycles. The lowest BCUT2D eigenvalue weighted by Crippen LogP contribution is -2.34. The van der Waals surface area contributed by atoms with Crippen LogP contribution in [0.25, 0.3) is 5.57 Å². The second kappa shape index (κ2) is 10.2. The zero-order valence-corrected chi connectivity index (χ0v) is 18.3. The Bertz CT molecular complexity index is 978. The Morgan fingerprint density at radius 3 is 2.39 bits per heavy atom. The first-order valence-electron chi connectivity index (χ1n) is 10.4. The molecule has 0 amide bonds. The van der Waals surface area contributed by atoms with E-state index in [-0.39, 0.29) is 12.4 Å². The van der Waals surface area contributed by atoms with E-state index in [1.54, 1.807) is 33.3 Å². The highest BCUT2D eigenvalue weighted by atomic mass is 16.5. The van der Waals surface area contributed by atoms with Crippen LogP contribution >= 0.6 is 0 Å². The third kappa shape index (κ3) is 4.74. The van der Waals surface area contributed by atoms with Crippen LogP contribution in [0.1, 0.15) is 37.3 Å². The molecule has 0 aliphatic heterocycles. The summed E-state index contributed by atoms with van der Waals surface area (Å²) in [5.74, 6) is -0.237. The van der Waals surface area contributed by atoms with Crippen molar-refractivity contribution in [3.63, 3.8) is 0 Å². The number of ketones is 1. The minimum absolute atomic E-state index is 0.217. The summed E-state index contributed by atoms with van der Waals surface area (Å²) in [5.41, 5.74) is 2.48. The molecule has 1 aliphatic carbocycles. The van der Waals surface area contributed by atoms with Gasteiger partial charge in [-0.2, -0.15) is 0 Å². The quantitative estimate of drug-likeness (QED) is 0.461. The van der Waals surface area contributed by atoms with E-state index in [2.05, 4.69) is 0 Å². The molecule has 0 spiro atoms. The average molecular weight is 424 g/mol. The maximum atomic E-state index is 13.2. The largest absolute Gasteiger partial charge is 0.494 e. The standard InChI is InChI=1S/C25H28O6/c1-5-30-21-10-8-7-9-18(21)19-13-17(14-20(26)24(19)25(27)31-6-2)16-11-12-22(28-3)23(15-16)29-4/h7-12,14-15,19,24H,5-6,13H2,1-4H3/t19-,24-/m0/s1. The van der Waals surface area contributed by atoms with E-state index in [1.807, 2.05) is 43.3 Å². The maximum Gasteiger partial charge on any atom is 0.317 e. The average Bonchev–Trinajstić information content (AvgIpc) is 2.78. The summed E-state index contributed by atoms with van der Waals surface area (Å²) in [7, 11) is 3.14. The minimum atomic E-state index is -0.912. The Hall–Kier alpha value is -3.28. The summed E-state index contributed by atoms with van der Waals surface area (Å²) in [6.07, 6.45) is 2.03. The van der Waals surface area contributed by atoms with Gasteiger partial charge in [0.15, 0.2) is 17.3 Å². The Morgan fingerprint density at radius 2 is 1.71 bits per heavy atom. The van der Waals surface area contributed by atoms with Gasteiger partial charge in [-0.1, -0.05) is 24.3 Å². The number of ether oxygens (including phenoxy) is 4. The van der Waals surface area contributed by atoms with Gasteiger partial charge in [0.2, 0.25) is 0 Å². The van der Waals surface area contributed by atoms with Gasteiger partial charge in [-0.15, -0.1) is 0 Å². The van der Waals surface area contributed by atoms with Gasteiger partial charge in [-0.3, -0.25) is 9.59 Å². The van der Waals surface area contributed by atoms with Crippen molar-refractivity contribution in [2.45, 2.75) is 26.2 Å². The number of benzene rings is 2. The summed E-state index contributed by atoms with van der Waals surface area (Å²) in [5, 5.41) is 0. The SMILES string of the molecule is CCOC(=O)[C@@H]1C(=O)C=C(c2ccc(OC)c(OC)c2)C[C@H]1c1ccccc1OCC. The lowest BCUT2D eigenvalue weighted by molar-refractivity contribution is -0.151. The van der Waals surface area contributed by atoms with Crippen LogP contribution in [-0.2, 0) is 14.3 Å². The van der Waals surface area contributed by atoms with Crippen molar-refractivity contribution >= 4 is 17.3 Å². The van der Waals surface area contributed by atoms with E-state index >= 15 is 0 Å². The summed E-state index contributed by atoms with van der Waals surface area (Å²) < 4.78 is 21.8. The molecule has 31 heavy (non-hydrogen) atoms. The first kappa shape index (κ1) is 22.4. The van der Waals surface area contributed by atoms with Crippen molar-refractivity contribution in [2.75, 3.05) is 27.4 Å². The Kier molecular flexibility index (Phi) is 7.34. The van der Waals surface area contributed by atoms with Crippen LogP contribution in [0.3, 0.4) is 0 Å². The smallest absolute Gasteiger partial charge is 0.317 e. The molecule has 0 radical (unpaired) electrons. The van der Waals surface area contributed by atoms with Gasteiger partial charge in [-0.25, -0.2) is 0 Å². The predicted octanol–water partition coefficient (Wildman–Crippen LogP) is 4.42. The van der Waals surface area contributed by atoms with Crippen molar-refractivity contribution in [1.29, 1.82) is 0 Å². The molecule has 6 heteroatoms. The fourth-order valence-corrected chi connectivity index (χ4v) is 3.99. The van der Waals surface area contributed by atoms with Crippen LogP contribution in [0.5, 0.6) is 17.2 Å². The highest BCUT2D eigenvalue weighted by Gasteiger charge is 2.41. The summed E-state index contributed by atoms with van der Waals surface area (Å²) in [6, 6.07) is 13.1.